The summed E-state index contributed by atoms with van der Waals surface area (Å²) in [4.78, 5) is 8.58. The predicted octanol–water partition coefficient (Wildman–Crippen LogP) is 4.28. The second-order valence-corrected chi connectivity index (χ2v) is 5.80. The van der Waals surface area contributed by atoms with Gasteiger partial charge in [-0.05, 0) is 48.4 Å². The smallest absolute Gasteiger partial charge is 0.224 e. The lowest BCUT2D eigenvalue weighted by Crippen LogP contribution is -2.16. The molecule has 0 atom stereocenters. The van der Waals surface area contributed by atoms with Gasteiger partial charge in [0.1, 0.15) is 5.82 Å². The SMILES string of the molecule is CCCC1(CNc2nc(Cl)nc3ccccc23)CC1. The van der Waals surface area contributed by atoms with Crippen LogP contribution >= 0.6 is 11.6 Å². The third-order valence-corrected chi connectivity index (χ3v) is 4.11. The molecule has 1 fully saturated rings. The Morgan fingerprint density at radius 2 is 2.05 bits per heavy atom. The van der Waals surface area contributed by atoms with Gasteiger partial charge in [0.2, 0.25) is 5.28 Å². The van der Waals surface area contributed by atoms with Crippen molar-refractivity contribution in [3.63, 3.8) is 0 Å². The molecular formula is C15H18ClN3. The molecule has 1 aliphatic carbocycles. The van der Waals surface area contributed by atoms with Crippen LogP contribution in [0.5, 0.6) is 0 Å². The molecule has 0 unspecified atom stereocenters. The van der Waals surface area contributed by atoms with Crippen LogP contribution in [0.4, 0.5) is 5.82 Å². The van der Waals surface area contributed by atoms with E-state index in [9.17, 15) is 0 Å². The van der Waals surface area contributed by atoms with Gasteiger partial charge in [-0.25, -0.2) is 9.97 Å². The summed E-state index contributed by atoms with van der Waals surface area (Å²) in [6.45, 7) is 3.23. The van der Waals surface area contributed by atoms with Crippen LogP contribution in [-0.4, -0.2) is 16.5 Å². The van der Waals surface area contributed by atoms with E-state index in [0.29, 0.717) is 10.7 Å². The summed E-state index contributed by atoms with van der Waals surface area (Å²) in [5.41, 5.74) is 1.39. The lowest BCUT2D eigenvalue weighted by molar-refractivity contribution is 0.485. The average Bonchev–Trinajstić information content (AvgIpc) is 3.16. The van der Waals surface area contributed by atoms with Crippen LogP contribution in [0, 0.1) is 5.41 Å². The second-order valence-electron chi connectivity index (χ2n) is 5.46. The van der Waals surface area contributed by atoms with E-state index in [4.69, 9.17) is 11.6 Å². The normalized spacial score (nSPS) is 16.5. The van der Waals surface area contributed by atoms with Crippen molar-refractivity contribution in [3.05, 3.63) is 29.5 Å². The molecule has 3 nitrogen and oxygen atoms in total. The van der Waals surface area contributed by atoms with Gasteiger partial charge in [-0.3, -0.25) is 0 Å². The highest BCUT2D eigenvalue weighted by atomic mass is 35.5. The summed E-state index contributed by atoms with van der Waals surface area (Å²) in [7, 11) is 0. The van der Waals surface area contributed by atoms with Crippen molar-refractivity contribution in [1.82, 2.24) is 9.97 Å². The minimum atomic E-state index is 0.307. The Balaban J connectivity index is 1.84. The third-order valence-electron chi connectivity index (χ3n) is 3.94. The van der Waals surface area contributed by atoms with Gasteiger partial charge >= 0.3 is 0 Å². The minimum absolute atomic E-state index is 0.307. The van der Waals surface area contributed by atoms with Crippen molar-refractivity contribution >= 4 is 28.3 Å². The molecule has 0 aliphatic heterocycles. The zero-order valence-corrected chi connectivity index (χ0v) is 11.9. The topological polar surface area (TPSA) is 37.8 Å². The Hall–Kier alpha value is -1.35. The number of anilines is 1. The first-order chi connectivity index (χ1) is 9.22. The number of halogens is 1. The molecule has 1 aromatic heterocycles. The number of nitrogens with zero attached hydrogens (tertiary/aromatic N) is 2. The maximum absolute atomic E-state index is 5.99. The van der Waals surface area contributed by atoms with Gasteiger partial charge in [0.05, 0.1) is 5.52 Å². The van der Waals surface area contributed by atoms with Crippen LogP contribution in [0.15, 0.2) is 24.3 Å². The first-order valence-electron chi connectivity index (χ1n) is 6.89. The Morgan fingerprint density at radius 1 is 1.26 bits per heavy atom. The van der Waals surface area contributed by atoms with Gasteiger partial charge in [0, 0.05) is 11.9 Å². The van der Waals surface area contributed by atoms with Gasteiger partial charge in [0.15, 0.2) is 0 Å². The monoisotopic (exact) mass is 275 g/mol. The van der Waals surface area contributed by atoms with Gasteiger partial charge in [-0.1, -0.05) is 25.5 Å². The molecule has 1 N–H and O–H groups in total. The van der Waals surface area contributed by atoms with Crippen molar-refractivity contribution in [2.45, 2.75) is 32.6 Å². The fraction of sp³-hybridized carbons (Fsp3) is 0.467. The summed E-state index contributed by atoms with van der Waals surface area (Å²) in [5.74, 6) is 0.859. The van der Waals surface area contributed by atoms with Crippen LogP contribution in [0.2, 0.25) is 5.28 Å². The van der Waals surface area contributed by atoms with E-state index in [0.717, 1.165) is 23.3 Å². The Morgan fingerprint density at radius 3 is 2.79 bits per heavy atom. The van der Waals surface area contributed by atoms with E-state index < -0.39 is 0 Å². The Kier molecular flexibility index (Phi) is 3.31. The van der Waals surface area contributed by atoms with E-state index in [1.54, 1.807) is 0 Å². The maximum atomic E-state index is 5.99. The molecule has 0 saturated heterocycles. The zero-order valence-electron chi connectivity index (χ0n) is 11.1. The van der Waals surface area contributed by atoms with E-state index in [1.165, 1.54) is 25.7 Å². The third kappa shape index (κ3) is 2.66. The highest BCUT2D eigenvalue weighted by molar-refractivity contribution is 6.28. The number of hydrogen-bond donors (Lipinski definition) is 1. The van der Waals surface area contributed by atoms with Crippen molar-refractivity contribution in [2.24, 2.45) is 5.41 Å². The molecule has 4 heteroatoms. The van der Waals surface area contributed by atoms with Crippen LogP contribution < -0.4 is 5.32 Å². The molecule has 0 spiro atoms. The number of aromatic nitrogens is 2. The summed E-state index contributed by atoms with van der Waals surface area (Å²) in [6.07, 6.45) is 5.18. The molecule has 0 bridgehead atoms. The van der Waals surface area contributed by atoms with Crippen molar-refractivity contribution in [2.75, 3.05) is 11.9 Å². The molecule has 1 aliphatic rings. The van der Waals surface area contributed by atoms with E-state index in [2.05, 4.69) is 22.2 Å². The molecule has 19 heavy (non-hydrogen) atoms. The maximum Gasteiger partial charge on any atom is 0.224 e. The number of nitrogens with one attached hydrogen (secondary N) is 1. The van der Waals surface area contributed by atoms with Crippen LogP contribution in [-0.2, 0) is 0 Å². The predicted molar refractivity (Wildman–Crippen MR) is 79.6 cm³/mol. The highest BCUT2D eigenvalue weighted by Crippen LogP contribution is 2.49. The molecular weight excluding hydrogens is 258 g/mol. The fourth-order valence-corrected chi connectivity index (χ4v) is 2.85. The largest absolute Gasteiger partial charge is 0.369 e. The lowest BCUT2D eigenvalue weighted by atomic mass is 10.0. The van der Waals surface area contributed by atoms with E-state index in [1.807, 2.05) is 24.3 Å². The lowest BCUT2D eigenvalue weighted by Gasteiger charge is -2.16. The van der Waals surface area contributed by atoms with E-state index >= 15 is 0 Å². The number of rotatable bonds is 5. The fourth-order valence-electron chi connectivity index (χ4n) is 2.68. The Labute approximate surface area is 118 Å². The molecule has 0 amide bonds. The summed E-state index contributed by atoms with van der Waals surface area (Å²) in [6, 6.07) is 7.97. The van der Waals surface area contributed by atoms with Gasteiger partial charge in [-0.2, -0.15) is 0 Å². The summed E-state index contributed by atoms with van der Waals surface area (Å²) >= 11 is 5.99. The van der Waals surface area contributed by atoms with Crippen LogP contribution in [0.3, 0.4) is 0 Å². The molecule has 1 aromatic carbocycles. The summed E-state index contributed by atoms with van der Waals surface area (Å²) in [5, 5.41) is 4.83. The summed E-state index contributed by atoms with van der Waals surface area (Å²) < 4.78 is 0. The number of para-hydroxylation sites is 1. The minimum Gasteiger partial charge on any atom is -0.369 e. The average molecular weight is 276 g/mol. The second kappa shape index (κ2) is 4.97. The van der Waals surface area contributed by atoms with Gasteiger partial charge in [-0.15, -0.1) is 0 Å². The van der Waals surface area contributed by atoms with Gasteiger partial charge < -0.3 is 5.32 Å². The first kappa shape index (κ1) is 12.7. The van der Waals surface area contributed by atoms with Crippen LogP contribution in [0.25, 0.3) is 10.9 Å². The van der Waals surface area contributed by atoms with Crippen molar-refractivity contribution in [1.29, 1.82) is 0 Å². The van der Waals surface area contributed by atoms with Crippen molar-refractivity contribution < 1.29 is 0 Å². The highest BCUT2D eigenvalue weighted by Gasteiger charge is 2.41. The first-order valence-corrected chi connectivity index (χ1v) is 7.26. The molecule has 2 aromatic rings. The molecule has 100 valence electrons. The molecule has 1 saturated carbocycles. The number of hydrogen-bond acceptors (Lipinski definition) is 3. The van der Waals surface area contributed by atoms with Crippen LogP contribution in [0.1, 0.15) is 32.6 Å². The zero-order chi connectivity index (χ0) is 13.3. The standard InChI is InChI=1S/C15H18ClN3/c1-2-7-15(8-9-15)10-17-13-11-5-3-4-6-12(11)18-14(16)19-13/h3-6H,2,7-10H2,1H3,(H,17,18,19). The Bertz CT molecular complexity index is 593. The molecule has 3 rings (SSSR count). The van der Waals surface area contributed by atoms with Gasteiger partial charge in [0.25, 0.3) is 0 Å². The van der Waals surface area contributed by atoms with E-state index in [-0.39, 0.29) is 0 Å². The molecule has 0 radical (unpaired) electrons. The number of fused-ring (bicyclic) bond motifs is 1. The van der Waals surface area contributed by atoms with Crippen molar-refractivity contribution in [3.8, 4) is 0 Å². The number of benzene rings is 1. The molecule has 1 heterocycles. The quantitative estimate of drug-likeness (QED) is 0.828.